The van der Waals surface area contributed by atoms with Gasteiger partial charge < -0.3 is 9.47 Å². The fourth-order valence-electron chi connectivity index (χ4n) is 2.55. The topological polar surface area (TPSA) is 52.6 Å². The van der Waals surface area contributed by atoms with E-state index in [4.69, 9.17) is 9.47 Å². The molecule has 116 valence electrons. The molecule has 0 saturated carbocycles. The molecule has 0 bridgehead atoms. The molecule has 4 heteroatoms. The summed E-state index contributed by atoms with van der Waals surface area (Å²) in [6, 6.07) is 0. The summed E-state index contributed by atoms with van der Waals surface area (Å²) in [6.07, 6.45) is 0.461. The maximum Gasteiger partial charge on any atom is 0.312 e. The van der Waals surface area contributed by atoms with Crippen LogP contribution in [0.3, 0.4) is 0 Å². The first-order valence-corrected chi connectivity index (χ1v) is 7.22. The molecule has 1 rings (SSSR count). The van der Waals surface area contributed by atoms with Gasteiger partial charge in [0.15, 0.2) is 0 Å². The maximum absolute atomic E-state index is 12.7. The molecule has 0 aromatic rings. The summed E-state index contributed by atoms with van der Waals surface area (Å²) in [5, 5.41) is 0. The molecule has 2 atom stereocenters. The molecule has 0 aromatic heterocycles. The summed E-state index contributed by atoms with van der Waals surface area (Å²) in [4.78, 5) is 23.8. The first-order chi connectivity index (χ1) is 8.85. The average molecular weight is 284 g/mol. The molecule has 4 nitrogen and oxygen atoms in total. The van der Waals surface area contributed by atoms with E-state index in [0.29, 0.717) is 0 Å². The highest BCUT2D eigenvalue weighted by Gasteiger charge is 2.48. The van der Waals surface area contributed by atoms with Crippen LogP contribution in [-0.2, 0) is 19.1 Å². The minimum Gasteiger partial charge on any atom is -0.462 e. The van der Waals surface area contributed by atoms with Gasteiger partial charge in [0.05, 0.1) is 11.8 Å². The standard InChI is InChI=1S/C16H28O4/c1-14(2,3)10-16(7,15(4,5)6)13(18)20-11-8-12(17)19-9-11/h11H,8-10H2,1-7H3. The van der Waals surface area contributed by atoms with Gasteiger partial charge in [-0.2, -0.15) is 0 Å². The number of rotatable bonds is 3. The predicted molar refractivity (Wildman–Crippen MR) is 77.1 cm³/mol. The third kappa shape index (κ3) is 3.97. The van der Waals surface area contributed by atoms with Crippen LogP contribution >= 0.6 is 0 Å². The van der Waals surface area contributed by atoms with Gasteiger partial charge in [0, 0.05) is 0 Å². The second-order valence-electron chi connectivity index (χ2n) is 8.23. The van der Waals surface area contributed by atoms with Crippen molar-refractivity contribution in [2.24, 2.45) is 16.2 Å². The average Bonchev–Trinajstić information content (AvgIpc) is 2.59. The van der Waals surface area contributed by atoms with Crippen LogP contribution in [-0.4, -0.2) is 24.6 Å². The normalized spacial score (nSPS) is 23.1. The fraction of sp³-hybridized carbons (Fsp3) is 0.875. The number of hydrogen-bond donors (Lipinski definition) is 0. The Morgan fingerprint density at radius 1 is 1.20 bits per heavy atom. The van der Waals surface area contributed by atoms with Crippen LogP contribution in [0.4, 0.5) is 0 Å². The van der Waals surface area contributed by atoms with Crippen LogP contribution in [0.15, 0.2) is 0 Å². The molecule has 0 amide bonds. The lowest BCUT2D eigenvalue weighted by atomic mass is 9.61. The van der Waals surface area contributed by atoms with Gasteiger partial charge in [-0.1, -0.05) is 41.5 Å². The monoisotopic (exact) mass is 284 g/mol. The van der Waals surface area contributed by atoms with Crippen LogP contribution in [0, 0.1) is 16.2 Å². The van der Waals surface area contributed by atoms with E-state index in [1.54, 1.807) is 0 Å². The highest BCUT2D eigenvalue weighted by Crippen LogP contribution is 2.47. The second-order valence-corrected chi connectivity index (χ2v) is 8.23. The van der Waals surface area contributed by atoms with E-state index in [1.807, 2.05) is 6.92 Å². The predicted octanol–water partition coefficient (Wildman–Crippen LogP) is 3.33. The third-order valence-corrected chi connectivity index (χ3v) is 4.09. The van der Waals surface area contributed by atoms with Crippen LogP contribution < -0.4 is 0 Å². The van der Waals surface area contributed by atoms with Crippen LogP contribution in [0.5, 0.6) is 0 Å². The zero-order valence-corrected chi connectivity index (χ0v) is 13.8. The molecule has 0 aliphatic carbocycles. The number of ether oxygens (including phenoxy) is 2. The summed E-state index contributed by atoms with van der Waals surface area (Å²) in [5.74, 6) is -0.528. The minimum absolute atomic E-state index is 0.0169. The minimum atomic E-state index is -0.600. The van der Waals surface area contributed by atoms with E-state index in [9.17, 15) is 9.59 Å². The van der Waals surface area contributed by atoms with Crippen molar-refractivity contribution in [1.29, 1.82) is 0 Å². The van der Waals surface area contributed by atoms with Crippen molar-refractivity contribution in [2.45, 2.75) is 67.4 Å². The lowest BCUT2D eigenvalue weighted by molar-refractivity contribution is -0.170. The summed E-state index contributed by atoms with van der Waals surface area (Å²) in [5.41, 5.74) is -0.805. The summed E-state index contributed by atoms with van der Waals surface area (Å²) >= 11 is 0. The SMILES string of the molecule is CC(C)(C)CC(C)(C(=O)OC1COC(=O)C1)C(C)(C)C. The summed E-state index contributed by atoms with van der Waals surface area (Å²) < 4.78 is 10.4. The van der Waals surface area contributed by atoms with E-state index >= 15 is 0 Å². The number of esters is 2. The molecule has 1 saturated heterocycles. The fourth-order valence-corrected chi connectivity index (χ4v) is 2.55. The van der Waals surface area contributed by atoms with Gasteiger partial charge in [-0.3, -0.25) is 9.59 Å². The first-order valence-electron chi connectivity index (χ1n) is 7.22. The Balaban J connectivity index is 2.88. The summed E-state index contributed by atoms with van der Waals surface area (Å²) in [6.45, 7) is 14.6. The van der Waals surface area contributed by atoms with Gasteiger partial charge in [0.25, 0.3) is 0 Å². The lowest BCUT2D eigenvalue weighted by Crippen LogP contribution is -2.45. The van der Waals surface area contributed by atoms with Gasteiger partial charge in [-0.15, -0.1) is 0 Å². The Labute approximate surface area is 122 Å². The Kier molecular flexibility index (Phi) is 4.57. The Bertz CT molecular complexity index is 386. The van der Waals surface area contributed by atoms with Crippen LogP contribution in [0.1, 0.15) is 61.3 Å². The van der Waals surface area contributed by atoms with Crippen LogP contribution in [0.25, 0.3) is 0 Å². The van der Waals surface area contributed by atoms with E-state index in [0.717, 1.165) is 6.42 Å². The molecule has 0 N–H and O–H groups in total. The van der Waals surface area contributed by atoms with Gasteiger partial charge in [0.1, 0.15) is 12.7 Å². The zero-order chi connectivity index (χ0) is 15.8. The van der Waals surface area contributed by atoms with Crippen molar-refractivity contribution in [1.82, 2.24) is 0 Å². The Hall–Kier alpha value is -1.06. The smallest absolute Gasteiger partial charge is 0.312 e. The van der Waals surface area contributed by atoms with E-state index < -0.39 is 11.5 Å². The van der Waals surface area contributed by atoms with E-state index in [1.165, 1.54) is 0 Å². The lowest BCUT2D eigenvalue weighted by Gasteiger charge is -2.43. The van der Waals surface area contributed by atoms with Crippen molar-refractivity contribution >= 4 is 11.9 Å². The van der Waals surface area contributed by atoms with Gasteiger partial charge in [0.2, 0.25) is 0 Å². The molecule has 1 fully saturated rings. The highest BCUT2D eigenvalue weighted by molar-refractivity contribution is 5.79. The second kappa shape index (κ2) is 5.38. The Morgan fingerprint density at radius 2 is 1.75 bits per heavy atom. The van der Waals surface area contributed by atoms with Crippen molar-refractivity contribution in [2.75, 3.05) is 6.61 Å². The largest absolute Gasteiger partial charge is 0.462 e. The van der Waals surface area contributed by atoms with Crippen molar-refractivity contribution in [3.05, 3.63) is 0 Å². The van der Waals surface area contributed by atoms with Crippen LogP contribution in [0.2, 0.25) is 0 Å². The number of hydrogen-bond acceptors (Lipinski definition) is 4. The van der Waals surface area contributed by atoms with Crippen molar-refractivity contribution < 1.29 is 19.1 Å². The quantitative estimate of drug-likeness (QED) is 0.746. The van der Waals surface area contributed by atoms with Gasteiger partial charge >= 0.3 is 11.9 Å². The third-order valence-electron chi connectivity index (χ3n) is 4.09. The molecule has 1 heterocycles. The Morgan fingerprint density at radius 3 is 2.10 bits per heavy atom. The molecule has 1 aliphatic heterocycles. The molecule has 2 unspecified atom stereocenters. The van der Waals surface area contributed by atoms with E-state index in [-0.39, 0.29) is 35.8 Å². The number of carbonyl (C=O) groups excluding carboxylic acids is 2. The molecule has 20 heavy (non-hydrogen) atoms. The number of cyclic esters (lactones) is 1. The molecular formula is C16H28O4. The van der Waals surface area contributed by atoms with Gasteiger partial charge in [-0.25, -0.2) is 0 Å². The van der Waals surface area contributed by atoms with Crippen molar-refractivity contribution in [3.63, 3.8) is 0 Å². The summed E-state index contributed by atoms with van der Waals surface area (Å²) in [7, 11) is 0. The van der Waals surface area contributed by atoms with Crippen molar-refractivity contribution in [3.8, 4) is 0 Å². The number of carbonyl (C=O) groups is 2. The zero-order valence-electron chi connectivity index (χ0n) is 13.8. The molecule has 0 aromatic carbocycles. The van der Waals surface area contributed by atoms with E-state index in [2.05, 4.69) is 41.5 Å². The first kappa shape index (κ1) is 17.0. The molecule has 0 radical (unpaired) electrons. The molecule has 0 spiro atoms. The highest BCUT2D eigenvalue weighted by atomic mass is 16.6. The van der Waals surface area contributed by atoms with Gasteiger partial charge in [-0.05, 0) is 24.2 Å². The maximum atomic E-state index is 12.7. The molecule has 1 aliphatic rings. The molecular weight excluding hydrogens is 256 g/mol.